The maximum atomic E-state index is 12.8. The number of carbonyl (C=O) groups is 2. The number of carbonyl (C=O) groups excluding carboxylic acids is 2. The van der Waals surface area contributed by atoms with Crippen molar-refractivity contribution in [1.29, 1.82) is 0 Å². The summed E-state index contributed by atoms with van der Waals surface area (Å²) in [6.45, 7) is 4.17. The Morgan fingerprint density at radius 1 is 0.410 bits per heavy atom. The van der Waals surface area contributed by atoms with E-state index in [4.69, 9.17) is 18.5 Å². The van der Waals surface area contributed by atoms with Crippen LogP contribution >= 0.6 is 7.82 Å². The Kier molecular flexibility index (Phi) is 57.6. The Balaban J connectivity index is 4.07. The average Bonchev–Trinajstić information content (AvgIpc) is 3.41. The highest BCUT2D eigenvalue weighted by atomic mass is 31.2. The number of rotatable bonds is 61. The summed E-state index contributed by atoms with van der Waals surface area (Å²) >= 11 is 0. The van der Waals surface area contributed by atoms with Gasteiger partial charge in [0.1, 0.15) is 19.8 Å². The molecule has 456 valence electrons. The van der Waals surface area contributed by atoms with Gasteiger partial charge in [0, 0.05) is 12.8 Å². The van der Waals surface area contributed by atoms with Gasteiger partial charge in [-0.15, -0.1) is 0 Å². The lowest BCUT2D eigenvalue weighted by molar-refractivity contribution is -0.870. The van der Waals surface area contributed by atoms with Crippen LogP contribution in [0.25, 0.3) is 0 Å². The monoisotopic (exact) mass is 1120 g/mol. The van der Waals surface area contributed by atoms with Gasteiger partial charge in [-0.3, -0.25) is 14.2 Å². The molecule has 0 aliphatic carbocycles. The van der Waals surface area contributed by atoms with E-state index in [1.165, 1.54) is 199 Å². The lowest BCUT2D eigenvalue weighted by Crippen LogP contribution is -2.37. The van der Waals surface area contributed by atoms with Crippen LogP contribution in [0.2, 0.25) is 0 Å². The van der Waals surface area contributed by atoms with Crippen LogP contribution in [0.1, 0.15) is 309 Å². The van der Waals surface area contributed by atoms with Gasteiger partial charge in [-0.2, -0.15) is 0 Å². The molecule has 0 bridgehead atoms. The minimum absolute atomic E-state index is 0.0314. The van der Waals surface area contributed by atoms with Crippen molar-refractivity contribution < 1.29 is 42.1 Å². The average molecular weight is 1120 g/mol. The van der Waals surface area contributed by atoms with E-state index in [0.29, 0.717) is 17.4 Å². The summed E-state index contributed by atoms with van der Waals surface area (Å²) in [6.07, 6.45) is 77.2. The van der Waals surface area contributed by atoms with Crippen molar-refractivity contribution in [1.82, 2.24) is 0 Å². The van der Waals surface area contributed by atoms with Gasteiger partial charge in [0.15, 0.2) is 6.10 Å². The zero-order chi connectivity index (χ0) is 57.0. The van der Waals surface area contributed by atoms with Crippen molar-refractivity contribution in [3.8, 4) is 0 Å². The van der Waals surface area contributed by atoms with Gasteiger partial charge in [-0.1, -0.05) is 299 Å². The maximum Gasteiger partial charge on any atom is 0.306 e. The first-order chi connectivity index (χ1) is 38.0. The molecule has 0 aliphatic rings. The van der Waals surface area contributed by atoms with Gasteiger partial charge < -0.3 is 27.9 Å². The van der Waals surface area contributed by atoms with Crippen LogP contribution in [0, 0.1) is 0 Å². The summed E-state index contributed by atoms with van der Waals surface area (Å²) in [6, 6.07) is 0. The second-order valence-corrected chi connectivity index (χ2v) is 24.9. The van der Waals surface area contributed by atoms with E-state index in [9.17, 15) is 19.0 Å². The number of allylic oxidation sites excluding steroid dienone is 10. The molecule has 0 aromatic rings. The SMILES string of the molecule is CC/C=C\C/C=C\C/C=C\C/C=C\C/C=C\CCCCCCCCCCCCCC(=O)OC(COC(=O)CCCCCCCCCCCCCCCCCCCCCCCCCCCCC)COP(=O)([O-])OCC[N+](C)(C)C. The number of phosphoric ester groups is 1. The molecule has 0 rings (SSSR count). The van der Waals surface area contributed by atoms with Crippen LogP contribution in [-0.2, 0) is 32.7 Å². The van der Waals surface area contributed by atoms with Crippen molar-refractivity contribution in [2.24, 2.45) is 0 Å². The molecule has 0 fully saturated rings. The second-order valence-electron chi connectivity index (χ2n) is 23.5. The Morgan fingerprint density at radius 3 is 1.09 bits per heavy atom. The van der Waals surface area contributed by atoms with E-state index < -0.39 is 26.5 Å². The Bertz CT molecular complexity index is 1500. The summed E-state index contributed by atoms with van der Waals surface area (Å²) < 4.78 is 34.3. The lowest BCUT2D eigenvalue weighted by Gasteiger charge is -2.28. The molecule has 0 heterocycles. The third-order valence-electron chi connectivity index (χ3n) is 14.6. The molecule has 0 saturated heterocycles. The van der Waals surface area contributed by atoms with E-state index in [1.54, 1.807) is 0 Å². The number of nitrogens with zero attached hydrogens (tertiary/aromatic N) is 1. The second kappa shape index (κ2) is 59.3. The van der Waals surface area contributed by atoms with Gasteiger partial charge in [0.25, 0.3) is 7.82 Å². The number of hydrogen-bond acceptors (Lipinski definition) is 8. The molecule has 2 atom stereocenters. The van der Waals surface area contributed by atoms with E-state index in [0.717, 1.165) is 77.0 Å². The third kappa shape index (κ3) is 62.9. The minimum atomic E-state index is -4.64. The summed E-state index contributed by atoms with van der Waals surface area (Å²) in [5, 5.41) is 0. The zero-order valence-corrected chi connectivity index (χ0v) is 52.8. The molecule has 2 unspecified atom stereocenters. The number of esters is 2. The summed E-state index contributed by atoms with van der Waals surface area (Å²) in [5.74, 6) is -0.823. The van der Waals surface area contributed by atoms with Crippen molar-refractivity contribution in [3.05, 3.63) is 60.8 Å². The van der Waals surface area contributed by atoms with E-state index >= 15 is 0 Å². The molecular weight excluding hydrogens is 990 g/mol. The number of quaternary nitrogens is 1. The number of unbranched alkanes of at least 4 members (excludes halogenated alkanes) is 37. The van der Waals surface area contributed by atoms with Crippen molar-refractivity contribution >= 4 is 19.8 Å². The fourth-order valence-corrected chi connectivity index (χ4v) is 10.2. The van der Waals surface area contributed by atoms with Gasteiger partial charge in [-0.25, -0.2) is 0 Å². The fourth-order valence-electron chi connectivity index (χ4n) is 9.51. The standard InChI is InChI=1S/C68H126NO8P/c1-6-8-10-12-14-16-18-20-22-24-26-28-30-32-34-36-38-40-42-44-46-48-50-52-54-56-58-60-67(70)74-64-66(65-76-78(72,73)75-63-62-69(3,4)5)77-68(71)61-59-57-55-53-51-49-47-45-43-41-39-37-35-33-31-29-27-25-23-21-19-17-15-13-11-9-7-2/h9,11,15,17,21,23,27,29,33,35,66H,6-8,10,12-14,16,18-20,22,24-26,28,30-32,34,36-65H2,1-5H3/b11-9-,17-15-,23-21-,29-27-,35-33-. The molecule has 10 heteroatoms. The van der Waals surface area contributed by atoms with Crippen molar-refractivity contribution in [2.45, 2.75) is 315 Å². The van der Waals surface area contributed by atoms with Crippen LogP contribution in [0.5, 0.6) is 0 Å². The van der Waals surface area contributed by atoms with Crippen LogP contribution in [0.15, 0.2) is 60.8 Å². The van der Waals surface area contributed by atoms with E-state index in [-0.39, 0.29) is 32.0 Å². The van der Waals surface area contributed by atoms with Gasteiger partial charge in [-0.05, 0) is 57.8 Å². The van der Waals surface area contributed by atoms with Gasteiger partial charge in [0.05, 0.1) is 27.7 Å². The quantitative estimate of drug-likeness (QED) is 0.0195. The van der Waals surface area contributed by atoms with Crippen molar-refractivity contribution in [3.63, 3.8) is 0 Å². The van der Waals surface area contributed by atoms with Crippen molar-refractivity contribution in [2.75, 3.05) is 47.5 Å². The maximum absolute atomic E-state index is 12.8. The molecule has 0 radical (unpaired) electrons. The third-order valence-corrected chi connectivity index (χ3v) is 15.5. The molecule has 0 spiro atoms. The van der Waals surface area contributed by atoms with Crippen LogP contribution < -0.4 is 4.89 Å². The molecule has 9 nitrogen and oxygen atoms in total. The van der Waals surface area contributed by atoms with Gasteiger partial charge >= 0.3 is 11.9 Å². The Labute approximate surface area is 483 Å². The fraction of sp³-hybridized carbons (Fsp3) is 0.824. The number of ether oxygens (including phenoxy) is 2. The highest BCUT2D eigenvalue weighted by Gasteiger charge is 2.22. The largest absolute Gasteiger partial charge is 0.756 e. The smallest absolute Gasteiger partial charge is 0.306 e. The van der Waals surface area contributed by atoms with Crippen LogP contribution in [0.3, 0.4) is 0 Å². The summed E-state index contributed by atoms with van der Waals surface area (Å²) in [7, 11) is 1.17. The predicted molar refractivity (Wildman–Crippen MR) is 333 cm³/mol. The number of hydrogen-bond donors (Lipinski definition) is 0. The molecule has 78 heavy (non-hydrogen) atoms. The summed E-state index contributed by atoms with van der Waals surface area (Å²) in [4.78, 5) is 38.0. The first kappa shape index (κ1) is 75.7. The molecule has 0 aromatic heterocycles. The molecule has 0 aromatic carbocycles. The Morgan fingerprint density at radius 2 is 0.731 bits per heavy atom. The lowest BCUT2D eigenvalue weighted by atomic mass is 10.0. The van der Waals surface area contributed by atoms with E-state index in [2.05, 4.69) is 74.6 Å². The zero-order valence-electron chi connectivity index (χ0n) is 51.9. The first-order valence-electron chi connectivity index (χ1n) is 33.0. The molecule has 0 amide bonds. The normalized spacial score (nSPS) is 13.6. The van der Waals surface area contributed by atoms with Crippen LogP contribution in [0.4, 0.5) is 0 Å². The topological polar surface area (TPSA) is 111 Å². The number of likely N-dealkylation sites (N-methyl/N-ethyl adjacent to an activating group) is 1. The Hall–Kier alpha value is -2.29. The summed E-state index contributed by atoms with van der Waals surface area (Å²) in [5.41, 5.74) is 0. The molecule has 0 saturated carbocycles. The molecule has 0 N–H and O–H groups in total. The first-order valence-corrected chi connectivity index (χ1v) is 34.5. The minimum Gasteiger partial charge on any atom is -0.756 e. The number of phosphoric acid groups is 1. The predicted octanol–water partition coefficient (Wildman–Crippen LogP) is 20.4. The van der Waals surface area contributed by atoms with Gasteiger partial charge in [0.2, 0.25) is 0 Å². The van der Waals surface area contributed by atoms with Crippen LogP contribution in [-0.4, -0.2) is 70.0 Å². The molecular formula is C68H126NO8P. The highest BCUT2D eigenvalue weighted by molar-refractivity contribution is 7.45. The van der Waals surface area contributed by atoms with E-state index in [1.807, 2.05) is 21.1 Å². The highest BCUT2D eigenvalue weighted by Crippen LogP contribution is 2.38. The molecule has 0 aliphatic heterocycles.